The van der Waals surface area contributed by atoms with E-state index < -0.39 is 0 Å². The van der Waals surface area contributed by atoms with E-state index in [0.717, 1.165) is 32.0 Å². The van der Waals surface area contributed by atoms with Gasteiger partial charge in [-0.15, -0.1) is 12.3 Å². The second kappa shape index (κ2) is 6.01. The Labute approximate surface area is 80.9 Å². The van der Waals surface area contributed by atoms with E-state index in [0.29, 0.717) is 0 Å². The van der Waals surface area contributed by atoms with Gasteiger partial charge >= 0.3 is 0 Å². The van der Waals surface area contributed by atoms with E-state index in [4.69, 9.17) is 11.5 Å². The monoisotopic (exact) mass is 181 g/mol. The van der Waals surface area contributed by atoms with Crippen molar-refractivity contribution in [3.05, 3.63) is 0 Å². The number of hydrogen-bond acceptors (Lipinski definition) is 2. The Bertz CT molecular complexity index is 169. The van der Waals surface area contributed by atoms with Gasteiger partial charge in [0, 0.05) is 19.0 Å². The first-order chi connectivity index (χ1) is 6.38. The number of aliphatic hydroxyl groups excluding tert-OH is 1. The van der Waals surface area contributed by atoms with Gasteiger partial charge in [0.05, 0.1) is 6.61 Å². The van der Waals surface area contributed by atoms with Gasteiger partial charge in [-0.1, -0.05) is 6.42 Å². The molecule has 74 valence electrons. The molecule has 0 unspecified atom stereocenters. The van der Waals surface area contributed by atoms with Crippen LogP contribution in [0.25, 0.3) is 0 Å². The summed E-state index contributed by atoms with van der Waals surface area (Å²) in [6, 6.07) is 0.727. The Hall–Kier alpha value is -0.520. The molecule has 0 saturated heterocycles. The lowest BCUT2D eigenvalue weighted by Crippen LogP contribution is -2.42. The first kappa shape index (κ1) is 10.6. The van der Waals surface area contributed by atoms with Crippen molar-refractivity contribution in [3.63, 3.8) is 0 Å². The van der Waals surface area contributed by atoms with Gasteiger partial charge in [0.25, 0.3) is 0 Å². The predicted molar refractivity (Wildman–Crippen MR) is 54.4 cm³/mol. The quantitative estimate of drug-likeness (QED) is 0.492. The molecule has 0 radical (unpaired) electrons. The van der Waals surface area contributed by atoms with Crippen LogP contribution in [-0.2, 0) is 0 Å². The number of terminal acetylenes is 1. The Morgan fingerprint density at radius 3 is 2.62 bits per heavy atom. The fourth-order valence-electron chi connectivity index (χ4n) is 1.74. The van der Waals surface area contributed by atoms with Crippen LogP contribution in [0.4, 0.5) is 0 Å². The molecule has 1 fully saturated rings. The average molecular weight is 181 g/mol. The van der Waals surface area contributed by atoms with Gasteiger partial charge in [-0.05, 0) is 25.8 Å². The average Bonchev–Trinajstić information content (AvgIpc) is 2.02. The minimum absolute atomic E-state index is 0.270. The molecular formula is C11H19NO. The predicted octanol–water partition coefficient (Wildman–Crippen LogP) is 1.25. The summed E-state index contributed by atoms with van der Waals surface area (Å²) in [6.45, 7) is 2.14. The topological polar surface area (TPSA) is 23.5 Å². The van der Waals surface area contributed by atoms with Gasteiger partial charge in [0.2, 0.25) is 0 Å². The van der Waals surface area contributed by atoms with Gasteiger partial charge in [-0.3, -0.25) is 4.90 Å². The Morgan fingerprint density at radius 1 is 1.38 bits per heavy atom. The molecule has 0 bridgehead atoms. The number of rotatable bonds is 6. The molecule has 1 aliphatic rings. The van der Waals surface area contributed by atoms with Gasteiger partial charge in [-0.25, -0.2) is 0 Å². The van der Waals surface area contributed by atoms with Gasteiger partial charge < -0.3 is 5.11 Å². The van der Waals surface area contributed by atoms with Crippen molar-refractivity contribution in [1.82, 2.24) is 4.90 Å². The molecule has 2 nitrogen and oxygen atoms in total. The maximum absolute atomic E-state index is 8.88. The highest BCUT2D eigenvalue weighted by Gasteiger charge is 2.23. The largest absolute Gasteiger partial charge is 0.395 e. The second-order valence-corrected chi connectivity index (χ2v) is 3.65. The normalized spacial score (nSPS) is 17.0. The lowest BCUT2D eigenvalue weighted by atomic mass is 9.91. The fourth-order valence-corrected chi connectivity index (χ4v) is 1.74. The lowest BCUT2D eigenvalue weighted by Gasteiger charge is -2.37. The van der Waals surface area contributed by atoms with Gasteiger partial charge in [0.1, 0.15) is 0 Å². The van der Waals surface area contributed by atoms with Crippen LogP contribution < -0.4 is 0 Å². The number of aliphatic hydroxyl groups is 1. The molecule has 1 saturated carbocycles. The molecule has 0 spiro atoms. The van der Waals surface area contributed by atoms with E-state index in [-0.39, 0.29) is 6.61 Å². The van der Waals surface area contributed by atoms with E-state index in [2.05, 4.69) is 10.8 Å². The molecule has 0 aromatic rings. The summed E-state index contributed by atoms with van der Waals surface area (Å²) in [7, 11) is 0. The molecule has 2 heteroatoms. The van der Waals surface area contributed by atoms with Crippen LogP contribution in [0.15, 0.2) is 0 Å². The van der Waals surface area contributed by atoms with E-state index in [1.165, 1.54) is 19.3 Å². The van der Waals surface area contributed by atoms with Crippen LogP contribution in [-0.4, -0.2) is 35.7 Å². The number of hydrogen-bond donors (Lipinski definition) is 1. The maximum Gasteiger partial charge on any atom is 0.0558 e. The van der Waals surface area contributed by atoms with Crippen molar-refractivity contribution >= 4 is 0 Å². The smallest absolute Gasteiger partial charge is 0.0558 e. The zero-order chi connectivity index (χ0) is 9.52. The van der Waals surface area contributed by atoms with Crippen molar-refractivity contribution in [1.29, 1.82) is 0 Å². The molecule has 0 atom stereocenters. The molecular weight excluding hydrogens is 162 g/mol. The molecule has 0 aromatic carbocycles. The molecule has 0 aromatic heterocycles. The van der Waals surface area contributed by atoms with E-state index >= 15 is 0 Å². The molecule has 0 heterocycles. The molecule has 0 amide bonds. The third-order valence-electron chi connectivity index (χ3n) is 2.74. The molecule has 1 aliphatic carbocycles. The molecule has 13 heavy (non-hydrogen) atoms. The van der Waals surface area contributed by atoms with Gasteiger partial charge in [0.15, 0.2) is 0 Å². The fraction of sp³-hybridized carbons (Fsp3) is 0.818. The third-order valence-corrected chi connectivity index (χ3v) is 2.74. The van der Waals surface area contributed by atoms with Crippen LogP contribution >= 0.6 is 0 Å². The Balaban J connectivity index is 2.17. The minimum Gasteiger partial charge on any atom is -0.395 e. The summed E-state index contributed by atoms with van der Waals surface area (Å²) in [5.74, 6) is 2.65. The summed E-state index contributed by atoms with van der Waals surface area (Å²) < 4.78 is 0. The Morgan fingerprint density at radius 2 is 2.15 bits per heavy atom. The highest BCUT2D eigenvalue weighted by molar-refractivity contribution is 4.85. The summed E-state index contributed by atoms with van der Waals surface area (Å²) >= 11 is 0. The zero-order valence-corrected chi connectivity index (χ0v) is 8.21. The van der Waals surface area contributed by atoms with Crippen LogP contribution in [0.2, 0.25) is 0 Å². The summed E-state index contributed by atoms with van der Waals surface area (Å²) in [4.78, 5) is 2.38. The second-order valence-electron chi connectivity index (χ2n) is 3.65. The number of nitrogens with zero attached hydrogens (tertiary/aromatic N) is 1. The highest BCUT2D eigenvalue weighted by Crippen LogP contribution is 2.24. The molecule has 1 rings (SSSR count). The Kier molecular flexibility index (Phi) is 4.88. The third kappa shape index (κ3) is 3.38. The summed E-state index contributed by atoms with van der Waals surface area (Å²) in [6.07, 6.45) is 11.1. The van der Waals surface area contributed by atoms with E-state index in [1.807, 2.05) is 0 Å². The highest BCUT2D eigenvalue weighted by atomic mass is 16.3. The molecule has 0 aliphatic heterocycles. The van der Waals surface area contributed by atoms with Gasteiger partial charge in [-0.2, -0.15) is 0 Å². The summed E-state index contributed by atoms with van der Waals surface area (Å²) in [5, 5.41) is 8.88. The van der Waals surface area contributed by atoms with E-state index in [1.54, 1.807) is 0 Å². The van der Waals surface area contributed by atoms with Crippen LogP contribution in [0.3, 0.4) is 0 Å². The SMILES string of the molecule is C#CCCCN(CCO)C1CCC1. The van der Waals surface area contributed by atoms with Crippen molar-refractivity contribution in [2.45, 2.75) is 38.1 Å². The first-order valence-corrected chi connectivity index (χ1v) is 5.17. The molecule has 1 N–H and O–H groups in total. The van der Waals surface area contributed by atoms with E-state index in [9.17, 15) is 0 Å². The zero-order valence-electron chi connectivity index (χ0n) is 8.21. The number of unbranched alkanes of at least 4 members (excludes halogenated alkanes) is 1. The van der Waals surface area contributed by atoms with Crippen molar-refractivity contribution in [2.24, 2.45) is 0 Å². The minimum atomic E-state index is 0.270. The van der Waals surface area contributed by atoms with Crippen molar-refractivity contribution in [2.75, 3.05) is 19.7 Å². The van der Waals surface area contributed by atoms with Crippen LogP contribution in [0.5, 0.6) is 0 Å². The standard InChI is InChI=1S/C11H19NO/c1-2-3-4-8-12(9-10-13)11-6-5-7-11/h1,11,13H,3-10H2. The maximum atomic E-state index is 8.88. The first-order valence-electron chi connectivity index (χ1n) is 5.17. The van der Waals surface area contributed by atoms with Crippen LogP contribution in [0, 0.1) is 12.3 Å². The van der Waals surface area contributed by atoms with Crippen LogP contribution in [0.1, 0.15) is 32.1 Å². The van der Waals surface area contributed by atoms with Crippen molar-refractivity contribution < 1.29 is 5.11 Å². The lowest BCUT2D eigenvalue weighted by molar-refractivity contribution is 0.101. The summed E-state index contributed by atoms with van der Waals surface area (Å²) in [5.41, 5.74) is 0. The van der Waals surface area contributed by atoms with Crippen molar-refractivity contribution in [3.8, 4) is 12.3 Å².